The molecule has 0 aliphatic carbocycles. The fourth-order valence-corrected chi connectivity index (χ4v) is 6.97. The second kappa shape index (κ2) is 33.6. The molecule has 1 saturated heterocycles. The van der Waals surface area contributed by atoms with Crippen LogP contribution in [0.3, 0.4) is 0 Å². The molecule has 50 heavy (non-hydrogen) atoms. The minimum Gasteiger partial charge on any atom is -0.389 e. The van der Waals surface area contributed by atoms with Crippen LogP contribution in [-0.4, -0.2) is 54.0 Å². The molecule has 0 aromatic carbocycles. The molecule has 0 bridgehead atoms. The molecule has 5 nitrogen and oxygen atoms in total. The maximum Gasteiger partial charge on any atom is 0.169 e. The summed E-state index contributed by atoms with van der Waals surface area (Å²) in [6.07, 6.45) is 48.2. The Morgan fingerprint density at radius 3 is 1.34 bits per heavy atom. The van der Waals surface area contributed by atoms with Gasteiger partial charge in [-0.25, -0.2) is 0 Å². The minimum absolute atomic E-state index is 0.189. The molecule has 292 valence electrons. The first-order valence-electron chi connectivity index (χ1n) is 21.5. The van der Waals surface area contributed by atoms with Gasteiger partial charge in [0.2, 0.25) is 0 Å². The molecular formula is C45H83NO4. The summed E-state index contributed by atoms with van der Waals surface area (Å²) >= 11 is 0. The van der Waals surface area contributed by atoms with Crippen LogP contribution >= 0.6 is 0 Å². The lowest BCUT2D eigenvalue weighted by molar-refractivity contribution is -0.197. The van der Waals surface area contributed by atoms with Crippen LogP contribution in [0.5, 0.6) is 0 Å². The Labute approximate surface area is 310 Å². The van der Waals surface area contributed by atoms with E-state index in [2.05, 4.69) is 74.7 Å². The van der Waals surface area contributed by atoms with E-state index in [1.165, 1.54) is 128 Å². The lowest BCUT2D eigenvalue weighted by atomic mass is 9.98. The summed E-state index contributed by atoms with van der Waals surface area (Å²) in [5.41, 5.74) is 0. The predicted molar refractivity (Wildman–Crippen MR) is 217 cm³/mol. The quantitative estimate of drug-likeness (QED) is 0.0453. The number of allylic oxidation sites excluding steroid dienone is 8. The summed E-state index contributed by atoms with van der Waals surface area (Å²) in [5.74, 6) is -0.643. The van der Waals surface area contributed by atoms with E-state index in [0.717, 1.165) is 44.9 Å². The number of hydrogen-bond acceptors (Lipinski definition) is 5. The molecule has 1 heterocycles. The lowest BCUT2D eigenvalue weighted by Gasteiger charge is -2.30. The highest BCUT2D eigenvalue weighted by molar-refractivity contribution is 4.94. The number of aliphatic hydroxyl groups excluding tert-OH is 2. The van der Waals surface area contributed by atoms with Crippen molar-refractivity contribution in [2.45, 2.75) is 224 Å². The zero-order chi connectivity index (χ0) is 36.4. The highest BCUT2D eigenvalue weighted by atomic mass is 16.8. The van der Waals surface area contributed by atoms with Gasteiger partial charge >= 0.3 is 0 Å². The van der Waals surface area contributed by atoms with Crippen molar-refractivity contribution in [3.63, 3.8) is 0 Å². The Hall–Kier alpha value is -1.24. The largest absolute Gasteiger partial charge is 0.389 e. The standard InChI is InChI=1S/C45H83NO4/c1-5-8-10-12-14-16-18-20-22-24-26-28-30-32-34-36-38-45(49-42(7-3)44(50-45)43(48)41(47)40-46-4)39-37-35-33-31-29-27-25-23-21-19-17-15-13-11-9-6-2/h14-17,20-23,41-44,46-48H,5-13,18-19,24-40H2,1-4H3/b16-14-,17-15-,22-20-,23-21-/t41-,42-,43-,44-/m1/s1. The summed E-state index contributed by atoms with van der Waals surface area (Å²) in [6.45, 7) is 6.94. The minimum atomic E-state index is -0.957. The van der Waals surface area contributed by atoms with Gasteiger partial charge in [0.15, 0.2) is 5.79 Å². The highest BCUT2D eigenvalue weighted by Crippen LogP contribution is 2.40. The number of hydrogen-bond donors (Lipinski definition) is 3. The third-order valence-corrected chi connectivity index (χ3v) is 10.1. The number of aliphatic hydroxyl groups is 2. The van der Waals surface area contributed by atoms with Crippen LogP contribution in [0.25, 0.3) is 0 Å². The van der Waals surface area contributed by atoms with Gasteiger partial charge in [-0.1, -0.05) is 146 Å². The highest BCUT2D eigenvalue weighted by Gasteiger charge is 2.49. The van der Waals surface area contributed by atoms with Crippen molar-refractivity contribution < 1.29 is 19.7 Å². The molecule has 1 fully saturated rings. The maximum absolute atomic E-state index is 11.0. The average Bonchev–Trinajstić information content (AvgIpc) is 3.49. The van der Waals surface area contributed by atoms with E-state index in [1.807, 2.05) is 0 Å². The zero-order valence-electron chi connectivity index (χ0n) is 33.4. The Morgan fingerprint density at radius 1 is 0.540 bits per heavy atom. The summed E-state index contributed by atoms with van der Waals surface area (Å²) in [7, 11) is 1.79. The molecular weight excluding hydrogens is 618 g/mol. The maximum atomic E-state index is 11.0. The Morgan fingerprint density at radius 2 is 0.940 bits per heavy atom. The Bertz CT molecular complexity index is 804. The van der Waals surface area contributed by atoms with E-state index in [4.69, 9.17) is 9.47 Å². The average molecular weight is 702 g/mol. The van der Waals surface area contributed by atoms with Gasteiger partial charge in [0.25, 0.3) is 0 Å². The van der Waals surface area contributed by atoms with Gasteiger partial charge in [-0.3, -0.25) is 0 Å². The molecule has 1 rings (SSSR count). The normalized spacial score (nSPS) is 19.2. The molecule has 0 amide bonds. The fraction of sp³-hybridized carbons (Fsp3) is 0.822. The van der Waals surface area contributed by atoms with Gasteiger partial charge in [0.05, 0.1) is 12.2 Å². The first-order valence-corrected chi connectivity index (χ1v) is 21.5. The van der Waals surface area contributed by atoms with Crippen LogP contribution in [-0.2, 0) is 9.47 Å². The number of likely N-dealkylation sites (N-methyl/N-ethyl adjacent to an activating group) is 1. The second-order valence-corrected chi connectivity index (χ2v) is 14.8. The molecule has 1 aliphatic heterocycles. The van der Waals surface area contributed by atoms with Crippen molar-refractivity contribution in [3.05, 3.63) is 48.6 Å². The van der Waals surface area contributed by atoms with Gasteiger partial charge < -0.3 is 25.0 Å². The third kappa shape index (κ3) is 24.1. The summed E-state index contributed by atoms with van der Waals surface area (Å²) in [5, 5.41) is 24.5. The van der Waals surface area contributed by atoms with E-state index in [9.17, 15) is 10.2 Å². The molecule has 0 radical (unpaired) electrons. The molecule has 3 N–H and O–H groups in total. The Kier molecular flexibility index (Phi) is 31.4. The van der Waals surface area contributed by atoms with Crippen molar-refractivity contribution in [3.8, 4) is 0 Å². The van der Waals surface area contributed by atoms with Crippen LogP contribution in [0.4, 0.5) is 0 Å². The predicted octanol–water partition coefficient (Wildman–Crippen LogP) is 12.2. The SMILES string of the molecule is CCCCC/C=C\C/C=C\CCCCCCCCC1(CCCCCCCC/C=C\C/C=C\CCCCC)O[C@@H]([C@H](O)[C@H](O)CNC)[C@@H](CC)O1. The van der Waals surface area contributed by atoms with Crippen LogP contribution < -0.4 is 5.32 Å². The van der Waals surface area contributed by atoms with Crippen LogP contribution in [0.1, 0.15) is 194 Å². The number of ether oxygens (including phenoxy) is 2. The molecule has 1 aliphatic rings. The summed E-state index contributed by atoms with van der Waals surface area (Å²) in [6, 6.07) is 0. The van der Waals surface area contributed by atoms with Crippen LogP contribution in [0, 0.1) is 0 Å². The Balaban J connectivity index is 2.38. The number of unbranched alkanes of at least 4 members (excludes halogenated alkanes) is 18. The van der Waals surface area contributed by atoms with Crippen molar-refractivity contribution in [2.24, 2.45) is 0 Å². The van der Waals surface area contributed by atoms with Crippen molar-refractivity contribution in [1.82, 2.24) is 5.32 Å². The van der Waals surface area contributed by atoms with E-state index >= 15 is 0 Å². The number of nitrogens with one attached hydrogen (secondary N) is 1. The molecule has 0 aromatic rings. The van der Waals surface area contributed by atoms with Gasteiger partial charge in [0, 0.05) is 19.4 Å². The molecule has 5 heteroatoms. The second-order valence-electron chi connectivity index (χ2n) is 14.8. The van der Waals surface area contributed by atoms with E-state index in [0.29, 0.717) is 6.54 Å². The van der Waals surface area contributed by atoms with Gasteiger partial charge in [-0.2, -0.15) is 0 Å². The molecule has 0 aromatic heterocycles. The summed E-state index contributed by atoms with van der Waals surface area (Å²) < 4.78 is 13.3. The van der Waals surface area contributed by atoms with E-state index < -0.39 is 24.1 Å². The molecule has 0 spiro atoms. The van der Waals surface area contributed by atoms with Crippen molar-refractivity contribution >= 4 is 0 Å². The molecule has 0 unspecified atom stereocenters. The lowest BCUT2D eigenvalue weighted by Crippen LogP contribution is -2.46. The molecule has 4 atom stereocenters. The first kappa shape index (κ1) is 46.8. The first-order chi connectivity index (χ1) is 24.5. The van der Waals surface area contributed by atoms with Gasteiger partial charge in [-0.05, 0) is 90.5 Å². The van der Waals surface area contributed by atoms with Gasteiger partial charge in [0.1, 0.15) is 12.2 Å². The van der Waals surface area contributed by atoms with Gasteiger partial charge in [-0.15, -0.1) is 0 Å². The number of rotatable bonds is 35. The topological polar surface area (TPSA) is 71.0 Å². The monoisotopic (exact) mass is 702 g/mol. The third-order valence-electron chi connectivity index (χ3n) is 10.1. The zero-order valence-corrected chi connectivity index (χ0v) is 33.4. The van der Waals surface area contributed by atoms with E-state index in [1.54, 1.807) is 7.05 Å². The summed E-state index contributed by atoms with van der Waals surface area (Å²) in [4.78, 5) is 0. The molecule has 0 saturated carbocycles. The fourth-order valence-electron chi connectivity index (χ4n) is 6.97. The van der Waals surface area contributed by atoms with Crippen molar-refractivity contribution in [2.75, 3.05) is 13.6 Å². The van der Waals surface area contributed by atoms with Crippen LogP contribution in [0.15, 0.2) is 48.6 Å². The van der Waals surface area contributed by atoms with E-state index in [-0.39, 0.29) is 6.10 Å². The van der Waals surface area contributed by atoms with Crippen molar-refractivity contribution in [1.29, 1.82) is 0 Å². The smallest absolute Gasteiger partial charge is 0.169 e. The van der Waals surface area contributed by atoms with Crippen LogP contribution in [0.2, 0.25) is 0 Å².